The van der Waals surface area contributed by atoms with Crippen LogP contribution in [0, 0.1) is 0 Å². The van der Waals surface area contributed by atoms with Crippen LogP contribution in [0.5, 0.6) is 0 Å². The highest BCUT2D eigenvalue weighted by molar-refractivity contribution is 5.97. The molecule has 13 heavy (non-hydrogen) atoms. The van der Waals surface area contributed by atoms with E-state index in [1.807, 2.05) is 30.3 Å². The molecule has 1 N–H and O–H groups in total. The van der Waals surface area contributed by atoms with Crippen molar-refractivity contribution in [2.75, 3.05) is 5.32 Å². The molecule has 1 aliphatic rings. The molecule has 4 heteroatoms. The average molecular weight is 173 g/mol. The molecule has 0 fully saturated rings. The molecule has 0 saturated carbocycles. The van der Waals surface area contributed by atoms with Crippen molar-refractivity contribution in [3.63, 3.8) is 0 Å². The first-order valence-corrected chi connectivity index (χ1v) is 3.84. The smallest absolute Gasteiger partial charge is 0.313 e. The lowest BCUT2D eigenvalue weighted by Crippen LogP contribution is -2.05. The molecule has 0 bridgehead atoms. The lowest BCUT2D eigenvalue weighted by atomic mass is 10.3. The summed E-state index contributed by atoms with van der Waals surface area (Å²) in [6.45, 7) is 0. The summed E-state index contributed by atoms with van der Waals surface area (Å²) in [6.07, 6.45) is 1.41. The molecule has 0 unspecified atom stereocenters. The minimum atomic E-state index is -0.330. The molecule has 1 aliphatic heterocycles. The summed E-state index contributed by atoms with van der Waals surface area (Å²) in [4.78, 5) is 11.0. The van der Waals surface area contributed by atoms with Gasteiger partial charge >= 0.3 is 5.91 Å². The molecule has 1 aromatic carbocycles. The summed E-state index contributed by atoms with van der Waals surface area (Å²) >= 11 is 0. The molecule has 0 aromatic heterocycles. The molecule has 64 valence electrons. The highest BCUT2D eigenvalue weighted by Crippen LogP contribution is 2.13. The quantitative estimate of drug-likeness (QED) is 0.742. The first-order valence-electron chi connectivity index (χ1n) is 3.84. The van der Waals surface area contributed by atoms with Crippen molar-refractivity contribution in [3.8, 4) is 0 Å². The van der Waals surface area contributed by atoms with Crippen molar-refractivity contribution in [1.29, 1.82) is 0 Å². The van der Waals surface area contributed by atoms with Crippen molar-refractivity contribution in [2.45, 2.75) is 0 Å². The van der Waals surface area contributed by atoms with Crippen LogP contribution in [0.25, 0.3) is 0 Å². The van der Waals surface area contributed by atoms with Crippen molar-refractivity contribution >= 4 is 11.6 Å². The van der Waals surface area contributed by atoms with Gasteiger partial charge in [0.05, 0.1) is 6.20 Å². The lowest BCUT2D eigenvalue weighted by molar-refractivity contribution is -0.114. The molecule has 1 heterocycles. The van der Waals surface area contributed by atoms with E-state index in [2.05, 4.69) is 15.5 Å². The van der Waals surface area contributed by atoms with E-state index < -0.39 is 0 Å². The maximum atomic E-state index is 11.0. The standard InChI is InChI=1S/C9H7N3O/c13-9-8(6-10-12-9)11-7-4-2-1-3-5-7/h1-6H,(H,11,12,13). The molecular formula is C9H7N3O. The van der Waals surface area contributed by atoms with Crippen LogP contribution in [0.15, 0.2) is 52.5 Å². The third kappa shape index (κ3) is 1.61. The summed E-state index contributed by atoms with van der Waals surface area (Å²) in [5.74, 6) is -0.330. The number of carbonyl (C=O) groups is 1. The fourth-order valence-corrected chi connectivity index (χ4v) is 1.01. The molecule has 0 spiro atoms. The summed E-state index contributed by atoms with van der Waals surface area (Å²) in [5, 5.41) is 9.75. The van der Waals surface area contributed by atoms with Gasteiger partial charge in [0, 0.05) is 5.69 Å². The Morgan fingerprint density at radius 1 is 1.15 bits per heavy atom. The summed E-state index contributed by atoms with van der Waals surface area (Å²) in [7, 11) is 0. The molecule has 4 nitrogen and oxygen atoms in total. The number of nitrogens with zero attached hydrogens (tertiary/aromatic N) is 2. The van der Waals surface area contributed by atoms with Crippen LogP contribution in [0.2, 0.25) is 0 Å². The number of benzene rings is 1. The van der Waals surface area contributed by atoms with Crippen LogP contribution in [-0.4, -0.2) is 5.91 Å². The summed E-state index contributed by atoms with van der Waals surface area (Å²) in [5.41, 5.74) is 1.26. The van der Waals surface area contributed by atoms with Gasteiger partial charge in [-0.1, -0.05) is 18.2 Å². The SMILES string of the molecule is O=C1N=NC=C1Nc1ccccc1. The van der Waals surface area contributed by atoms with Gasteiger partial charge in [-0.05, 0) is 12.1 Å². The second-order valence-electron chi connectivity index (χ2n) is 2.55. The van der Waals surface area contributed by atoms with Crippen molar-refractivity contribution in [3.05, 3.63) is 42.2 Å². The summed E-state index contributed by atoms with van der Waals surface area (Å²) in [6, 6.07) is 9.41. The van der Waals surface area contributed by atoms with E-state index in [4.69, 9.17) is 0 Å². The number of anilines is 1. The fraction of sp³-hybridized carbons (Fsp3) is 0. The molecule has 2 rings (SSSR count). The second-order valence-corrected chi connectivity index (χ2v) is 2.55. The van der Waals surface area contributed by atoms with Gasteiger partial charge in [-0.15, -0.1) is 5.11 Å². The average Bonchev–Trinajstić information content (AvgIpc) is 2.54. The van der Waals surface area contributed by atoms with Crippen LogP contribution in [-0.2, 0) is 4.79 Å². The predicted octanol–water partition coefficient (Wildman–Crippen LogP) is 1.93. The van der Waals surface area contributed by atoms with Crippen LogP contribution in [0.1, 0.15) is 0 Å². The molecule has 1 aromatic rings. The Balaban J connectivity index is 2.12. The van der Waals surface area contributed by atoms with Gasteiger partial charge in [0.2, 0.25) is 0 Å². The van der Waals surface area contributed by atoms with E-state index in [9.17, 15) is 4.79 Å². The highest BCUT2D eigenvalue weighted by Gasteiger charge is 2.12. The summed E-state index contributed by atoms with van der Waals surface area (Å²) < 4.78 is 0. The zero-order valence-corrected chi connectivity index (χ0v) is 6.77. The van der Waals surface area contributed by atoms with Gasteiger partial charge in [0.15, 0.2) is 0 Å². The number of hydrogen-bond acceptors (Lipinski definition) is 3. The number of hydrogen-bond donors (Lipinski definition) is 1. The van der Waals surface area contributed by atoms with Crippen LogP contribution in [0.4, 0.5) is 5.69 Å². The minimum absolute atomic E-state index is 0.330. The Kier molecular flexibility index (Phi) is 1.88. The molecule has 0 atom stereocenters. The Bertz CT molecular complexity index is 381. The highest BCUT2D eigenvalue weighted by atomic mass is 16.2. The molecule has 1 amide bonds. The second kappa shape index (κ2) is 3.18. The largest absolute Gasteiger partial charge is 0.350 e. The van der Waals surface area contributed by atoms with E-state index in [1.165, 1.54) is 6.20 Å². The molecule has 0 aliphatic carbocycles. The molecular weight excluding hydrogens is 166 g/mol. The Morgan fingerprint density at radius 2 is 1.92 bits per heavy atom. The predicted molar refractivity (Wildman–Crippen MR) is 48.0 cm³/mol. The third-order valence-corrected chi connectivity index (χ3v) is 1.62. The van der Waals surface area contributed by atoms with Gasteiger partial charge in [0.25, 0.3) is 0 Å². The van der Waals surface area contributed by atoms with Crippen LogP contribution >= 0.6 is 0 Å². The van der Waals surface area contributed by atoms with Crippen molar-refractivity contribution in [2.24, 2.45) is 10.2 Å². The number of para-hydroxylation sites is 1. The molecule has 0 saturated heterocycles. The monoisotopic (exact) mass is 173 g/mol. The van der Waals surface area contributed by atoms with Crippen molar-refractivity contribution < 1.29 is 4.79 Å². The topological polar surface area (TPSA) is 53.8 Å². The van der Waals surface area contributed by atoms with E-state index >= 15 is 0 Å². The maximum Gasteiger partial charge on any atom is 0.313 e. The van der Waals surface area contributed by atoms with Crippen LogP contribution in [0.3, 0.4) is 0 Å². The van der Waals surface area contributed by atoms with Crippen molar-refractivity contribution in [1.82, 2.24) is 0 Å². The number of carbonyl (C=O) groups excluding carboxylic acids is 1. The number of nitrogens with one attached hydrogen (secondary N) is 1. The lowest BCUT2D eigenvalue weighted by Gasteiger charge is -2.02. The number of azo groups is 1. The number of rotatable bonds is 2. The minimum Gasteiger partial charge on any atom is -0.350 e. The maximum absolute atomic E-state index is 11.0. The zero-order chi connectivity index (χ0) is 9.10. The first-order chi connectivity index (χ1) is 6.36. The van der Waals surface area contributed by atoms with E-state index in [0.717, 1.165) is 5.69 Å². The molecule has 0 radical (unpaired) electrons. The van der Waals surface area contributed by atoms with Gasteiger partial charge < -0.3 is 5.32 Å². The Morgan fingerprint density at radius 3 is 2.54 bits per heavy atom. The normalized spacial score (nSPS) is 14.5. The number of amides is 1. The fourth-order valence-electron chi connectivity index (χ4n) is 1.01. The first kappa shape index (κ1) is 7.67. The van der Waals surface area contributed by atoms with Gasteiger partial charge in [-0.2, -0.15) is 5.11 Å². The van der Waals surface area contributed by atoms with Gasteiger partial charge in [-0.3, -0.25) is 4.79 Å². The van der Waals surface area contributed by atoms with E-state index in [1.54, 1.807) is 0 Å². The Hall–Kier alpha value is -1.97. The van der Waals surface area contributed by atoms with Gasteiger partial charge in [0.1, 0.15) is 5.70 Å². The van der Waals surface area contributed by atoms with E-state index in [0.29, 0.717) is 5.70 Å². The Labute approximate surface area is 75.0 Å². The third-order valence-electron chi connectivity index (χ3n) is 1.62. The zero-order valence-electron chi connectivity index (χ0n) is 6.77. The van der Waals surface area contributed by atoms with Gasteiger partial charge in [-0.25, -0.2) is 0 Å². The van der Waals surface area contributed by atoms with Crippen LogP contribution < -0.4 is 5.32 Å². The van der Waals surface area contributed by atoms with E-state index in [-0.39, 0.29) is 5.91 Å².